The lowest BCUT2D eigenvalue weighted by Gasteiger charge is -2.18. The van der Waals surface area contributed by atoms with Crippen LogP contribution in [-0.4, -0.2) is 22.8 Å². The fourth-order valence-electron chi connectivity index (χ4n) is 2.59. The van der Waals surface area contributed by atoms with E-state index in [1.54, 1.807) is 36.4 Å². The van der Waals surface area contributed by atoms with Crippen molar-refractivity contribution >= 4 is 17.7 Å². The quantitative estimate of drug-likeness (QED) is 0.759. The lowest BCUT2D eigenvalue weighted by atomic mass is 9.97. The van der Waals surface area contributed by atoms with Gasteiger partial charge in [-0.3, -0.25) is 9.59 Å². The molecule has 0 fully saturated rings. The maximum absolute atomic E-state index is 12.1. The Balaban J connectivity index is 2.02. The van der Waals surface area contributed by atoms with Gasteiger partial charge in [0.1, 0.15) is 0 Å². The largest absolute Gasteiger partial charge is 0.479 e. The molecule has 2 aromatic carbocycles. The van der Waals surface area contributed by atoms with Crippen molar-refractivity contribution in [3.63, 3.8) is 0 Å². The zero-order valence-corrected chi connectivity index (χ0v) is 14.3. The lowest BCUT2D eigenvalue weighted by molar-refractivity contribution is -0.142. The maximum atomic E-state index is 12.1. The van der Waals surface area contributed by atoms with E-state index in [0.29, 0.717) is 11.1 Å². The molecule has 25 heavy (non-hydrogen) atoms. The number of carbonyl (C=O) groups is 3. The molecule has 2 N–H and O–H groups in total. The number of amides is 1. The average molecular weight is 339 g/mol. The molecule has 5 heteroatoms. The van der Waals surface area contributed by atoms with Crippen molar-refractivity contribution in [2.45, 2.75) is 32.7 Å². The van der Waals surface area contributed by atoms with Crippen molar-refractivity contribution < 1.29 is 19.5 Å². The third kappa shape index (κ3) is 4.76. The van der Waals surface area contributed by atoms with Crippen LogP contribution in [0.4, 0.5) is 0 Å². The van der Waals surface area contributed by atoms with E-state index in [0.717, 1.165) is 11.1 Å². The predicted molar refractivity (Wildman–Crippen MR) is 94.4 cm³/mol. The van der Waals surface area contributed by atoms with Gasteiger partial charge in [-0.05, 0) is 30.5 Å². The fourth-order valence-corrected chi connectivity index (χ4v) is 2.59. The molecule has 2 rings (SSSR count). The van der Waals surface area contributed by atoms with Crippen LogP contribution in [-0.2, 0) is 9.59 Å². The molecule has 0 heterocycles. The number of carboxylic acid groups (broad SMARTS) is 1. The Morgan fingerprint density at radius 3 is 2.28 bits per heavy atom. The van der Waals surface area contributed by atoms with Crippen LogP contribution in [0.25, 0.3) is 0 Å². The predicted octanol–water partition coefficient (Wildman–Crippen LogP) is 3.21. The number of nitrogens with one attached hydrogen (secondary N) is 1. The number of hydrogen-bond donors (Lipinski definition) is 2. The van der Waals surface area contributed by atoms with Gasteiger partial charge in [-0.2, -0.15) is 0 Å². The van der Waals surface area contributed by atoms with Gasteiger partial charge in [0.05, 0.1) is 0 Å². The Morgan fingerprint density at radius 1 is 0.960 bits per heavy atom. The average Bonchev–Trinajstić information content (AvgIpc) is 2.61. The first-order valence-electron chi connectivity index (χ1n) is 8.06. The van der Waals surface area contributed by atoms with E-state index in [1.165, 1.54) is 0 Å². The van der Waals surface area contributed by atoms with E-state index in [-0.39, 0.29) is 18.6 Å². The van der Waals surface area contributed by atoms with E-state index in [4.69, 9.17) is 0 Å². The zero-order valence-electron chi connectivity index (χ0n) is 14.3. The molecule has 1 atom stereocenters. The van der Waals surface area contributed by atoms with Crippen LogP contribution in [0.5, 0.6) is 0 Å². The third-order valence-electron chi connectivity index (χ3n) is 4.18. The molecule has 130 valence electrons. The minimum atomic E-state index is -1.13. The highest BCUT2D eigenvalue weighted by Crippen LogP contribution is 2.21. The summed E-state index contributed by atoms with van der Waals surface area (Å²) in [5, 5.41) is 12.0. The first kappa shape index (κ1) is 18.4. The molecule has 5 nitrogen and oxygen atoms in total. The number of carbonyl (C=O) groups excluding carboxylic acids is 2. The summed E-state index contributed by atoms with van der Waals surface area (Å²) >= 11 is 0. The van der Waals surface area contributed by atoms with Gasteiger partial charge in [0.15, 0.2) is 11.8 Å². The standard InChI is InChI=1S/C20H21NO4/c1-13-7-6-10-16(14(13)2)19(20(24)25)21-18(23)12-11-17(22)15-8-4-3-5-9-15/h3-10,19H,11-12H2,1-2H3,(H,21,23)(H,24,25). The number of ketones is 1. The summed E-state index contributed by atoms with van der Waals surface area (Å²) in [4.78, 5) is 35.8. The molecule has 0 aromatic heterocycles. The highest BCUT2D eigenvalue weighted by molar-refractivity contribution is 5.98. The zero-order chi connectivity index (χ0) is 18.4. The summed E-state index contributed by atoms with van der Waals surface area (Å²) in [6.45, 7) is 3.71. The minimum Gasteiger partial charge on any atom is -0.479 e. The van der Waals surface area contributed by atoms with Gasteiger partial charge < -0.3 is 10.4 Å². The van der Waals surface area contributed by atoms with Gasteiger partial charge in [-0.1, -0.05) is 48.5 Å². The Kier molecular flexibility index (Phi) is 6.06. The van der Waals surface area contributed by atoms with Gasteiger partial charge in [0.2, 0.25) is 5.91 Å². The highest BCUT2D eigenvalue weighted by Gasteiger charge is 2.24. The van der Waals surface area contributed by atoms with Crippen molar-refractivity contribution in [3.8, 4) is 0 Å². The second kappa shape index (κ2) is 8.24. The number of carboxylic acids is 1. The number of Topliss-reactive ketones (excluding diaryl/α,β-unsaturated/α-hetero) is 1. The summed E-state index contributed by atoms with van der Waals surface area (Å²) in [7, 11) is 0. The molecule has 0 saturated carbocycles. The van der Waals surface area contributed by atoms with Crippen LogP contribution in [0.15, 0.2) is 48.5 Å². The van der Waals surface area contributed by atoms with Crippen molar-refractivity contribution in [1.29, 1.82) is 0 Å². The number of rotatable bonds is 7. The van der Waals surface area contributed by atoms with E-state index in [2.05, 4.69) is 5.32 Å². The Bertz CT molecular complexity index is 784. The van der Waals surface area contributed by atoms with E-state index in [9.17, 15) is 19.5 Å². The van der Waals surface area contributed by atoms with Crippen LogP contribution < -0.4 is 5.32 Å². The number of aliphatic carboxylic acids is 1. The molecule has 0 saturated heterocycles. The first-order chi connectivity index (χ1) is 11.9. The van der Waals surface area contributed by atoms with Gasteiger partial charge in [0, 0.05) is 18.4 Å². The van der Waals surface area contributed by atoms with Crippen molar-refractivity contribution in [3.05, 3.63) is 70.8 Å². The Morgan fingerprint density at radius 2 is 1.64 bits per heavy atom. The minimum absolute atomic E-state index is 0.0367. The van der Waals surface area contributed by atoms with Crippen molar-refractivity contribution in [2.24, 2.45) is 0 Å². The third-order valence-corrected chi connectivity index (χ3v) is 4.18. The van der Waals surface area contributed by atoms with Gasteiger partial charge in [-0.25, -0.2) is 4.79 Å². The molecule has 0 aliphatic rings. The molecule has 0 aliphatic carbocycles. The Labute approximate surface area is 146 Å². The molecular weight excluding hydrogens is 318 g/mol. The van der Waals surface area contributed by atoms with Crippen LogP contribution >= 0.6 is 0 Å². The SMILES string of the molecule is Cc1cccc(C(NC(=O)CCC(=O)c2ccccc2)C(=O)O)c1C. The van der Waals surface area contributed by atoms with Gasteiger partial charge >= 0.3 is 5.97 Å². The second-order valence-electron chi connectivity index (χ2n) is 5.92. The molecule has 1 unspecified atom stereocenters. The number of hydrogen-bond acceptors (Lipinski definition) is 3. The normalized spacial score (nSPS) is 11.6. The summed E-state index contributed by atoms with van der Waals surface area (Å²) in [5.74, 6) is -1.73. The lowest BCUT2D eigenvalue weighted by Crippen LogP contribution is -2.34. The molecule has 2 aromatic rings. The Hall–Kier alpha value is -2.95. The van der Waals surface area contributed by atoms with E-state index >= 15 is 0 Å². The highest BCUT2D eigenvalue weighted by atomic mass is 16.4. The molecule has 0 spiro atoms. The molecule has 0 radical (unpaired) electrons. The fraction of sp³-hybridized carbons (Fsp3) is 0.250. The summed E-state index contributed by atoms with van der Waals surface area (Å²) in [5.41, 5.74) is 2.88. The smallest absolute Gasteiger partial charge is 0.330 e. The van der Waals surface area contributed by atoms with Gasteiger partial charge in [-0.15, -0.1) is 0 Å². The molecule has 0 aliphatic heterocycles. The van der Waals surface area contributed by atoms with Crippen LogP contribution in [0.2, 0.25) is 0 Å². The van der Waals surface area contributed by atoms with Crippen molar-refractivity contribution in [2.75, 3.05) is 0 Å². The molecular formula is C20H21NO4. The number of aryl methyl sites for hydroxylation is 1. The van der Waals surface area contributed by atoms with Crippen molar-refractivity contribution in [1.82, 2.24) is 5.32 Å². The second-order valence-corrected chi connectivity index (χ2v) is 5.92. The first-order valence-corrected chi connectivity index (χ1v) is 8.06. The molecule has 1 amide bonds. The van der Waals surface area contributed by atoms with Gasteiger partial charge in [0.25, 0.3) is 0 Å². The summed E-state index contributed by atoms with van der Waals surface area (Å²) < 4.78 is 0. The van der Waals surface area contributed by atoms with E-state index in [1.807, 2.05) is 26.0 Å². The van der Waals surface area contributed by atoms with Crippen LogP contribution in [0.1, 0.15) is 45.9 Å². The monoisotopic (exact) mass is 339 g/mol. The summed E-state index contributed by atoms with van der Waals surface area (Å²) in [6, 6.07) is 12.9. The topological polar surface area (TPSA) is 83.5 Å². The van der Waals surface area contributed by atoms with E-state index < -0.39 is 17.9 Å². The maximum Gasteiger partial charge on any atom is 0.330 e. The summed E-state index contributed by atoms with van der Waals surface area (Å²) in [6.07, 6.45) is -0.0165. The molecule has 0 bridgehead atoms. The number of benzene rings is 2. The van der Waals surface area contributed by atoms with Crippen LogP contribution in [0.3, 0.4) is 0 Å². The van der Waals surface area contributed by atoms with Crippen LogP contribution in [0, 0.1) is 13.8 Å².